The quantitative estimate of drug-likeness (QED) is 0.707. The zero-order valence-corrected chi connectivity index (χ0v) is 8.74. The van der Waals surface area contributed by atoms with Gasteiger partial charge >= 0.3 is 0 Å². The summed E-state index contributed by atoms with van der Waals surface area (Å²) in [5.41, 5.74) is 5.33. The predicted molar refractivity (Wildman–Crippen MR) is 56.8 cm³/mol. The highest BCUT2D eigenvalue weighted by Gasteiger charge is 2.15. The Morgan fingerprint density at radius 2 is 2.46 bits per heavy atom. The summed E-state index contributed by atoms with van der Waals surface area (Å²) in [4.78, 5) is 11.3. The van der Waals surface area contributed by atoms with Gasteiger partial charge in [0.2, 0.25) is 5.91 Å². The van der Waals surface area contributed by atoms with Gasteiger partial charge in [-0.25, -0.2) is 0 Å². The first-order valence-corrected chi connectivity index (χ1v) is 6.05. The van der Waals surface area contributed by atoms with Crippen LogP contribution in [0, 0.1) is 0 Å². The van der Waals surface area contributed by atoms with E-state index in [1.807, 2.05) is 11.8 Å². The maximum Gasteiger partial charge on any atom is 0.220 e. The van der Waals surface area contributed by atoms with Crippen molar-refractivity contribution in [2.45, 2.75) is 31.7 Å². The van der Waals surface area contributed by atoms with E-state index in [2.05, 4.69) is 5.32 Å². The molecule has 76 valence electrons. The van der Waals surface area contributed by atoms with Crippen LogP contribution in [-0.4, -0.2) is 30.0 Å². The number of amides is 1. The molecule has 3 nitrogen and oxygen atoms in total. The second-order valence-electron chi connectivity index (χ2n) is 3.37. The smallest absolute Gasteiger partial charge is 0.220 e. The van der Waals surface area contributed by atoms with Crippen LogP contribution in [0.25, 0.3) is 0 Å². The van der Waals surface area contributed by atoms with Crippen LogP contribution in [-0.2, 0) is 4.79 Å². The van der Waals surface area contributed by atoms with Gasteiger partial charge in [-0.1, -0.05) is 0 Å². The SMILES string of the molecule is NCCCC(=O)NC1CCCSC1. The lowest BCUT2D eigenvalue weighted by atomic mass is 10.2. The van der Waals surface area contributed by atoms with Crippen LogP contribution in [0.1, 0.15) is 25.7 Å². The molecular formula is C9H18N2OS. The number of hydrogen-bond donors (Lipinski definition) is 2. The van der Waals surface area contributed by atoms with E-state index in [-0.39, 0.29) is 5.91 Å². The number of nitrogens with two attached hydrogens (primary N) is 1. The Labute approximate surface area is 83.8 Å². The van der Waals surface area contributed by atoms with Crippen LogP contribution in [0.15, 0.2) is 0 Å². The maximum absolute atomic E-state index is 11.3. The lowest BCUT2D eigenvalue weighted by Crippen LogP contribution is -2.38. The molecule has 1 atom stereocenters. The molecule has 1 aliphatic heterocycles. The number of carbonyl (C=O) groups is 1. The van der Waals surface area contributed by atoms with E-state index >= 15 is 0 Å². The van der Waals surface area contributed by atoms with Crippen LogP contribution < -0.4 is 11.1 Å². The van der Waals surface area contributed by atoms with Gasteiger partial charge in [0.15, 0.2) is 0 Å². The second-order valence-corrected chi connectivity index (χ2v) is 4.52. The van der Waals surface area contributed by atoms with Crippen molar-refractivity contribution in [1.29, 1.82) is 0 Å². The van der Waals surface area contributed by atoms with Gasteiger partial charge in [0, 0.05) is 18.2 Å². The molecule has 0 bridgehead atoms. The average Bonchev–Trinajstić information content (AvgIpc) is 2.16. The van der Waals surface area contributed by atoms with E-state index in [4.69, 9.17) is 5.73 Å². The summed E-state index contributed by atoms with van der Waals surface area (Å²) >= 11 is 1.93. The van der Waals surface area contributed by atoms with Gasteiger partial charge in [-0.15, -0.1) is 0 Å². The lowest BCUT2D eigenvalue weighted by molar-refractivity contribution is -0.121. The minimum atomic E-state index is 0.165. The normalized spacial score (nSPS) is 22.7. The molecule has 1 aliphatic rings. The molecule has 0 radical (unpaired) electrons. The van der Waals surface area contributed by atoms with Gasteiger partial charge in [-0.05, 0) is 31.6 Å². The van der Waals surface area contributed by atoms with Crippen molar-refractivity contribution in [3.05, 3.63) is 0 Å². The maximum atomic E-state index is 11.3. The fourth-order valence-corrected chi connectivity index (χ4v) is 2.49. The highest BCUT2D eigenvalue weighted by Crippen LogP contribution is 2.16. The number of hydrogen-bond acceptors (Lipinski definition) is 3. The molecule has 0 aromatic rings. The monoisotopic (exact) mass is 202 g/mol. The largest absolute Gasteiger partial charge is 0.353 e. The molecule has 0 aliphatic carbocycles. The Bertz CT molecular complexity index is 158. The molecule has 1 amide bonds. The van der Waals surface area contributed by atoms with Gasteiger partial charge in [-0.2, -0.15) is 11.8 Å². The zero-order chi connectivity index (χ0) is 9.52. The van der Waals surface area contributed by atoms with E-state index < -0.39 is 0 Å². The fourth-order valence-electron chi connectivity index (χ4n) is 1.42. The third-order valence-electron chi connectivity index (χ3n) is 2.13. The van der Waals surface area contributed by atoms with Crippen LogP contribution in [0.5, 0.6) is 0 Å². The predicted octanol–water partition coefficient (Wildman–Crippen LogP) is 0.737. The van der Waals surface area contributed by atoms with E-state index in [0.29, 0.717) is 19.0 Å². The van der Waals surface area contributed by atoms with Gasteiger partial charge in [0.25, 0.3) is 0 Å². The Morgan fingerprint density at radius 1 is 1.62 bits per heavy atom. The topological polar surface area (TPSA) is 55.1 Å². The van der Waals surface area contributed by atoms with Crippen molar-refractivity contribution in [2.24, 2.45) is 5.73 Å². The molecule has 0 spiro atoms. The van der Waals surface area contributed by atoms with Crippen LogP contribution in [0.4, 0.5) is 0 Å². The van der Waals surface area contributed by atoms with E-state index in [1.165, 1.54) is 12.2 Å². The fraction of sp³-hybridized carbons (Fsp3) is 0.889. The van der Waals surface area contributed by atoms with Crippen molar-refractivity contribution in [3.63, 3.8) is 0 Å². The van der Waals surface area contributed by atoms with E-state index in [1.54, 1.807) is 0 Å². The van der Waals surface area contributed by atoms with Crippen LogP contribution in [0.3, 0.4) is 0 Å². The Kier molecular flexibility index (Phi) is 5.23. The summed E-state index contributed by atoms with van der Waals surface area (Å²) < 4.78 is 0. The lowest BCUT2D eigenvalue weighted by Gasteiger charge is -2.22. The first-order valence-electron chi connectivity index (χ1n) is 4.90. The molecule has 1 heterocycles. The molecular weight excluding hydrogens is 184 g/mol. The summed E-state index contributed by atoms with van der Waals surface area (Å²) in [6, 6.07) is 0.407. The Balaban J connectivity index is 2.11. The van der Waals surface area contributed by atoms with Gasteiger partial charge in [-0.3, -0.25) is 4.79 Å². The van der Waals surface area contributed by atoms with E-state index in [9.17, 15) is 4.79 Å². The Morgan fingerprint density at radius 3 is 3.08 bits per heavy atom. The molecule has 1 rings (SSSR count). The molecule has 0 aromatic heterocycles. The first kappa shape index (κ1) is 10.9. The molecule has 13 heavy (non-hydrogen) atoms. The van der Waals surface area contributed by atoms with Gasteiger partial charge < -0.3 is 11.1 Å². The number of nitrogens with one attached hydrogen (secondary N) is 1. The van der Waals surface area contributed by atoms with Crippen molar-refractivity contribution < 1.29 is 4.79 Å². The minimum Gasteiger partial charge on any atom is -0.353 e. The molecule has 0 saturated carbocycles. The first-order chi connectivity index (χ1) is 6.33. The highest BCUT2D eigenvalue weighted by molar-refractivity contribution is 7.99. The standard InChI is InChI=1S/C9H18N2OS/c10-5-1-4-9(12)11-8-3-2-6-13-7-8/h8H,1-7,10H2,(H,11,12). The molecule has 1 unspecified atom stereocenters. The minimum absolute atomic E-state index is 0.165. The summed E-state index contributed by atoms with van der Waals surface area (Å²) in [6.45, 7) is 0.604. The van der Waals surface area contributed by atoms with Crippen molar-refractivity contribution in [2.75, 3.05) is 18.1 Å². The molecule has 4 heteroatoms. The third kappa shape index (κ3) is 4.52. The van der Waals surface area contributed by atoms with Crippen molar-refractivity contribution in [1.82, 2.24) is 5.32 Å². The Hall–Kier alpha value is -0.220. The van der Waals surface area contributed by atoms with Crippen LogP contribution >= 0.6 is 11.8 Å². The van der Waals surface area contributed by atoms with Crippen molar-refractivity contribution >= 4 is 17.7 Å². The summed E-state index contributed by atoms with van der Waals surface area (Å²) in [6.07, 6.45) is 3.75. The van der Waals surface area contributed by atoms with Gasteiger partial charge in [0.1, 0.15) is 0 Å². The summed E-state index contributed by atoms with van der Waals surface area (Å²) in [5.74, 6) is 2.49. The second kappa shape index (κ2) is 6.27. The number of thioether (sulfide) groups is 1. The zero-order valence-electron chi connectivity index (χ0n) is 7.92. The van der Waals surface area contributed by atoms with Crippen LogP contribution in [0.2, 0.25) is 0 Å². The summed E-state index contributed by atoms with van der Waals surface area (Å²) in [5, 5.41) is 3.04. The van der Waals surface area contributed by atoms with Gasteiger partial charge in [0.05, 0.1) is 0 Å². The molecule has 3 N–H and O–H groups in total. The number of carbonyl (C=O) groups excluding carboxylic acids is 1. The van der Waals surface area contributed by atoms with E-state index in [0.717, 1.165) is 18.6 Å². The number of rotatable bonds is 4. The molecule has 1 saturated heterocycles. The summed E-state index contributed by atoms with van der Waals surface area (Å²) in [7, 11) is 0. The van der Waals surface area contributed by atoms with Crippen molar-refractivity contribution in [3.8, 4) is 0 Å². The third-order valence-corrected chi connectivity index (χ3v) is 3.35. The average molecular weight is 202 g/mol. The molecule has 1 fully saturated rings. The molecule has 0 aromatic carbocycles. The highest BCUT2D eigenvalue weighted by atomic mass is 32.2.